The van der Waals surface area contributed by atoms with Crippen LogP contribution in [0, 0.1) is 13.8 Å². The Kier molecular flexibility index (Phi) is 3.79. The van der Waals surface area contributed by atoms with E-state index in [4.69, 9.17) is 0 Å². The molecule has 2 aromatic heterocycles. The van der Waals surface area contributed by atoms with E-state index >= 15 is 0 Å². The summed E-state index contributed by atoms with van der Waals surface area (Å²) < 4.78 is 41.9. The van der Waals surface area contributed by atoms with Crippen LogP contribution in [-0.4, -0.2) is 36.7 Å². The molecule has 0 unspecified atom stereocenters. The fourth-order valence-electron chi connectivity index (χ4n) is 3.61. The van der Waals surface area contributed by atoms with E-state index < -0.39 is 12.0 Å². The number of alkyl halides is 3. The second kappa shape index (κ2) is 5.83. The molecule has 1 aliphatic heterocycles. The Balaban J connectivity index is 1.64. The van der Waals surface area contributed by atoms with Gasteiger partial charge in [-0.3, -0.25) is 4.79 Å². The monoisotopic (exact) mass is 377 g/mol. The van der Waals surface area contributed by atoms with Gasteiger partial charge in [0.05, 0.1) is 6.54 Å². The van der Waals surface area contributed by atoms with Crippen molar-refractivity contribution in [3.8, 4) is 0 Å². The molecule has 0 radical (unpaired) electrons. The molecule has 0 bridgehead atoms. The number of halogens is 3. The predicted molar refractivity (Wildman–Crippen MR) is 92.2 cm³/mol. The Morgan fingerprint density at radius 3 is 2.59 bits per heavy atom. The summed E-state index contributed by atoms with van der Waals surface area (Å²) in [6.45, 7) is 4.24. The van der Waals surface area contributed by atoms with Crippen molar-refractivity contribution < 1.29 is 18.0 Å². The van der Waals surface area contributed by atoms with Gasteiger partial charge in [-0.1, -0.05) is 0 Å². The molecule has 0 atom stereocenters. The van der Waals surface area contributed by atoms with Crippen molar-refractivity contribution in [1.82, 2.24) is 24.2 Å². The number of carbonyl (C=O) groups excluding carboxylic acids is 1. The number of carbonyl (C=O) groups is 1. The summed E-state index contributed by atoms with van der Waals surface area (Å²) in [6.07, 6.45) is -4.55. The van der Waals surface area contributed by atoms with Crippen LogP contribution in [0.4, 0.5) is 13.2 Å². The molecule has 0 N–H and O–H groups in total. The van der Waals surface area contributed by atoms with Crippen molar-refractivity contribution in [2.45, 2.75) is 33.1 Å². The lowest BCUT2D eigenvalue weighted by Crippen LogP contribution is -2.39. The van der Waals surface area contributed by atoms with Crippen LogP contribution in [0.2, 0.25) is 0 Å². The van der Waals surface area contributed by atoms with Crippen molar-refractivity contribution >= 4 is 16.8 Å². The summed E-state index contributed by atoms with van der Waals surface area (Å²) in [4.78, 5) is 14.4. The van der Waals surface area contributed by atoms with Crippen LogP contribution in [0.25, 0.3) is 10.9 Å². The lowest BCUT2D eigenvalue weighted by atomic mass is 10.1. The van der Waals surface area contributed by atoms with Crippen molar-refractivity contribution in [3.05, 3.63) is 46.7 Å². The quantitative estimate of drug-likeness (QED) is 0.655. The Labute approximate surface area is 153 Å². The van der Waals surface area contributed by atoms with Crippen LogP contribution in [0.1, 0.15) is 33.3 Å². The average Bonchev–Trinajstić information content (AvgIpc) is 3.16. The fraction of sp³-hybridized carbons (Fsp3) is 0.389. The molecular formula is C18H18F3N5O. The highest BCUT2D eigenvalue weighted by Crippen LogP contribution is 2.30. The molecular weight excluding hydrogens is 359 g/mol. The van der Waals surface area contributed by atoms with E-state index in [0.717, 1.165) is 26.7 Å². The van der Waals surface area contributed by atoms with Crippen molar-refractivity contribution in [3.63, 3.8) is 0 Å². The van der Waals surface area contributed by atoms with Gasteiger partial charge in [0, 0.05) is 42.3 Å². The lowest BCUT2D eigenvalue weighted by Gasteiger charge is -2.28. The standard InChI is InChI=1S/C18H18F3N5O/c1-10-11(2)24(3)14-5-4-12(8-13(10)14)16(27)25-6-7-26-15(9-25)22-23-17(26)18(19,20)21/h4-5,8H,6-7,9H2,1-3H3. The third kappa shape index (κ3) is 2.68. The fourth-order valence-corrected chi connectivity index (χ4v) is 3.61. The van der Waals surface area contributed by atoms with Gasteiger partial charge in [-0.25, -0.2) is 0 Å². The number of benzene rings is 1. The summed E-state index contributed by atoms with van der Waals surface area (Å²) in [5.41, 5.74) is 3.78. The molecule has 4 rings (SSSR count). The lowest BCUT2D eigenvalue weighted by molar-refractivity contribution is -0.147. The van der Waals surface area contributed by atoms with E-state index in [1.807, 2.05) is 33.0 Å². The maximum absolute atomic E-state index is 12.9. The molecule has 6 nitrogen and oxygen atoms in total. The van der Waals surface area contributed by atoms with Crippen LogP contribution < -0.4 is 0 Å². The molecule has 0 saturated heterocycles. The Morgan fingerprint density at radius 2 is 1.89 bits per heavy atom. The minimum atomic E-state index is -4.55. The zero-order valence-electron chi connectivity index (χ0n) is 15.1. The van der Waals surface area contributed by atoms with E-state index in [2.05, 4.69) is 14.8 Å². The molecule has 1 aromatic carbocycles. The summed E-state index contributed by atoms with van der Waals surface area (Å²) in [5, 5.41) is 7.87. The van der Waals surface area contributed by atoms with Gasteiger partial charge in [-0.05, 0) is 37.6 Å². The molecule has 142 valence electrons. The number of hydrogen-bond donors (Lipinski definition) is 0. The topological polar surface area (TPSA) is 56.0 Å². The third-order valence-electron chi connectivity index (χ3n) is 5.35. The first-order valence-electron chi connectivity index (χ1n) is 8.52. The van der Waals surface area contributed by atoms with Crippen LogP contribution in [-0.2, 0) is 26.3 Å². The van der Waals surface area contributed by atoms with Gasteiger partial charge >= 0.3 is 6.18 Å². The normalized spacial score (nSPS) is 14.7. The minimum Gasteiger partial charge on any atom is -0.348 e. The molecule has 0 aliphatic carbocycles. The number of rotatable bonds is 1. The smallest absolute Gasteiger partial charge is 0.348 e. The van der Waals surface area contributed by atoms with Gasteiger partial charge in [-0.2, -0.15) is 13.2 Å². The number of amides is 1. The largest absolute Gasteiger partial charge is 0.451 e. The summed E-state index contributed by atoms with van der Waals surface area (Å²) >= 11 is 0. The van der Waals surface area contributed by atoms with Gasteiger partial charge in [0.2, 0.25) is 5.82 Å². The van der Waals surface area contributed by atoms with E-state index in [1.54, 1.807) is 6.07 Å². The van der Waals surface area contributed by atoms with Crippen LogP contribution in [0.5, 0.6) is 0 Å². The van der Waals surface area contributed by atoms with E-state index in [-0.39, 0.29) is 31.4 Å². The number of aromatic nitrogens is 4. The minimum absolute atomic E-state index is 0.00670. The molecule has 0 fully saturated rings. The molecule has 27 heavy (non-hydrogen) atoms. The number of nitrogens with zero attached hydrogens (tertiary/aromatic N) is 5. The van der Waals surface area contributed by atoms with Gasteiger partial charge in [0.25, 0.3) is 5.91 Å². The van der Waals surface area contributed by atoms with E-state index in [9.17, 15) is 18.0 Å². The number of hydrogen-bond acceptors (Lipinski definition) is 3. The molecule has 1 aliphatic rings. The SMILES string of the molecule is Cc1c(C)n(C)c2ccc(C(=O)N3CCn4c(nnc4C(F)(F)F)C3)cc12. The second-order valence-electron chi connectivity index (χ2n) is 6.82. The van der Waals surface area contributed by atoms with Crippen molar-refractivity contribution in [2.75, 3.05) is 6.54 Å². The van der Waals surface area contributed by atoms with Gasteiger partial charge in [0.1, 0.15) is 0 Å². The van der Waals surface area contributed by atoms with Gasteiger partial charge < -0.3 is 14.0 Å². The Bertz CT molecular complexity index is 1060. The molecule has 9 heteroatoms. The zero-order valence-corrected chi connectivity index (χ0v) is 15.1. The maximum atomic E-state index is 12.9. The predicted octanol–water partition coefficient (Wildman–Crippen LogP) is 3.06. The molecule has 0 spiro atoms. The summed E-state index contributed by atoms with van der Waals surface area (Å²) in [7, 11) is 1.97. The molecule has 1 amide bonds. The van der Waals surface area contributed by atoms with Crippen LogP contribution in [0.15, 0.2) is 18.2 Å². The summed E-state index contributed by atoms with van der Waals surface area (Å²) in [6, 6.07) is 5.50. The highest BCUT2D eigenvalue weighted by Gasteiger charge is 2.40. The number of aryl methyl sites for hydroxylation is 2. The van der Waals surface area contributed by atoms with Crippen LogP contribution >= 0.6 is 0 Å². The molecule has 3 aromatic rings. The van der Waals surface area contributed by atoms with Gasteiger partial charge in [0.15, 0.2) is 5.82 Å². The first-order valence-corrected chi connectivity index (χ1v) is 8.52. The molecule has 0 saturated carbocycles. The zero-order chi connectivity index (χ0) is 19.5. The van der Waals surface area contributed by atoms with E-state index in [1.165, 1.54) is 4.90 Å². The third-order valence-corrected chi connectivity index (χ3v) is 5.35. The highest BCUT2D eigenvalue weighted by atomic mass is 19.4. The van der Waals surface area contributed by atoms with Crippen molar-refractivity contribution in [2.24, 2.45) is 7.05 Å². The first-order chi connectivity index (χ1) is 12.7. The van der Waals surface area contributed by atoms with Crippen molar-refractivity contribution in [1.29, 1.82) is 0 Å². The maximum Gasteiger partial charge on any atom is 0.451 e. The Morgan fingerprint density at radius 1 is 1.15 bits per heavy atom. The first kappa shape index (κ1) is 17.6. The highest BCUT2D eigenvalue weighted by molar-refractivity contribution is 5.99. The van der Waals surface area contributed by atoms with Gasteiger partial charge in [-0.15, -0.1) is 10.2 Å². The summed E-state index contributed by atoms with van der Waals surface area (Å²) in [5.74, 6) is -1.09. The number of fused-ring (bicyclic) bond motifs is 2. The second-order valence-corrected chi connectivity index (χ2v) is 6.82. The van der Waals surface area contributed by atoms with E-state index in [0.29, 0.717) is 5.56 Å². The van der Waals surface area contributed by atoms with Crippen LogP contribution in [0.3, 0.4) is 0 Å². The molecule has 3 heterocycles. The average molecular weight is 377 g/mol. The Hall–Kier alpha value is -2.84.